The second kappa shape index (κ2) is 15.4. The van der Waals surface area contributed by atoms with E-state index >= 15 is 0 Å². The fourth-order valence-electron chi connectivity index (χ4n) is 4.11. The van der Waals surface area contributed by atoms with Crippen LogP contribution in [-0.2, 0) is 11.2 Å². The second-order valence-electron chi connectivity index (χ2n) is 9.55. The summed E-state index contributed by atoms with van der Waals surface area (Å²) in [7, 11) is 0. The Balaban J connectivity index is 1.30. The van der Waals surface area contributed by atoms with E-state index in [-0.39, 0.29) is 0 Å². The van der Waals surface area contributed by atoms with Gasteiger partial charge in [-0.3, -0.25) is 4.79 Å². The summed E-state index contributed by atoms with van der Waals surface area (Å²) in [6.45, 7) is 2.97. The number of ether oxygens (including phenoxy) is 1. The number of hydrogen-bond donors (Lipinski definition) is 2. The van der Waals surface area contributed by atoms with Gasteiger partial charge in [-0.2, -0.15) is 0 Å². The van der Waals surface area contributed by atoms with Gasteiger partial charge in [0.05, 0.1) is 6.61 Å². The van der Waals surface area contributed by atoms with Crippen LogP contribution < -0.4 is 9.46 Å². The van der Waals surface area contributed by atoms with E-state index in [9.17, 15) is 9.90 Å². The molecule has 0 bridgehead atoms. The zero-order valence-electron chi connectivity index (χ0n) is 22.6. The molecule has 8 heteroatoms. The van der Waals surface area contributed by atoms with Crippen LogP contribution in [0.15, 0.2) is 90.1 Å². The Bertz CT molecular complexity index is 1330. The van der Waals surface area contributed by atoms with Crippen LogP contribution in [0.3, 0.4) is 0 Å². The molecule has 0 amide bonds. The van der Waals surface area contributed by atoms with Crippen LogP contribution in [0, 0.1) is 0 Å². The van der Waals surface area contributed by atoms with Crippen molar-refractivity contribution in [3.05, 3.63) is 95.8 Å². The zero-order chi connectivity index (χ0) is 28.2. The first-order chi connectivity index (χ1) is 19.5. The highest BCUT2D eigenvalue weighted by Crippen LogP contribution is 2.24. The summed E-state index contributed by atoms with van der Waals surface area (Å²) in [4.78, 5) is 21.8. The third kappa shape index (κ3) is 9.08. The van der Waals surface area contributed by atoms with E-state index in [1.54, 1.807) is 12.1 Å². The molecule has 1 aromatic heterocycles. The number of halogens is 1. The lowest BCUT2D eigenvalue weighted by Gasteiger charge is -2.14. The number of carbonyl (C=O) groups is 1. The minimum Gasteiger partial charge on any atom is -0.494 e. The smallest absolute Gasteiger partial charge is 0.321 e. The molecule has 208 valence electrons. The van der Waals surface area contributed by atoms with Crippen LogP contribution in [0.4, 0.5) is 0 Å². The van der Waals surface area contributed by atoms with Gasteiger partial charge < -0.3 is 9.84 Å². The highest BCUT2D eigenvalue weighted by molar-refractivity contribution is 7.97. The molecule has 3 aromatic carbocycles. The standard InChI is InChI=1S/C32H34ClN3O3S/c1-2-3-4-5-6-19-39-28-15-11-24(12-16-28)26-21-34-31(35-22-26)25-9-7-23(8-10-25)20-30(32(37)38)36-40-29-17-13-27(33)14-18-29/h7-18,21-22,30,36H,2-6,19-20H2,1H3,(H,37,38). The number of carboxylic acids is 1. The van der Waals surface area contributed by atoms with E-state index in [1.165, 1.54) is 37.6 Å². The molecular formula is C32H34ClN3O3S. The number of nitrogens with one attached hydrogen (secondary N) is 1. The third-order valence-corrected chi connectivity index (χ3v) is 7.60. The molecule has 0 spiro atoms. The fourth-order valence-corrected chi connectivity index (χ4v) is 4.97. The van der Waals surface area contributed by atoms with E-state index in [0.29, 0.717) is 17.3 Å². The maximum atomic E-state index is 11.8. The molecule has 0 saturated heterocycles. The highest BCUT2D eigenvalue weighted by Gasteiger charge is 2.18. The molecule has 0 aliphatic heterocycles. The van der Waals surface area contributed by atoms with Crippen molar-refractivity contribution < 1.29 is 14.6 Å². The van der Waals surface area contributed by atoms with Crippen molar-refractivity contribution in [2.75, 3.05) is 6.61 Å². The average Bonchev–Trinajstić information content (AvgIpc) is 2.98. The van der Waals surface area contributed by atoms with Crippen LogP contribution in [0.1, 0.15) is 44.6 Å². The molecule has 0 radical (unpaired) electrons. The Morgan fingerprint density at radius 3 is 2.17 bits per heavy atom. The lowest BCUT2D eigenvalue weighted by molar-refractivity contribution is -0.138. The first-order valence-corrected chi connectivity index (χ1v) is 14.8. The summed E-state index contributed by atoms with van der Waals surface area (Å²) in [6.07, 6.45) is 10.1. The largest absolute Gasteiger partial charge is 0.494 e. The molecule has 40 heavy (non-hydrogen) atoms. The van der Waals surface area contributed by atoms with E-state index in [1.807, 2.05) is 73.1 Å². The molecule has 1 unspecified atom stereocenters. The summed E-state index contributed by atoms with van der Waals surface area (Å²) < 4.78 is 8.90. The van der Waals surface area contributed by atoms with Crippen molar-refractivity contribution in [2.24, 2.45) is 0 Å². The second-order valence-corrected chi connectivity index (χ2v) is 10.9. The third-order valence-electron chi connectivity index (χ3n) is 6.44. The van der Waals surface area contributed by atoms with Crippen molar-refractivity contribution in [3.63, 3.8) is 0 Å². The lowest BCUT2D eigenvalue weighted by Crippen LogP contribution is -2.34. The molecule has 4 aromatic rings. The van der Waals surface area contributed by atoms with Gasteiger partial charge in [0, 0.05) is 33.4 Å². The quantitative estimate of drug-likeness (QED) is 0.109. The van der Waals surface area contributed by atoms with Crippen LogP contribution >= 0.6 is 23.5 Å². The summed E-state index contributed by atoms with van der Waals surface area (Å²) in [5.41, 5.74) is 3.73. The molecular weight excluding hydrogens is 542 g/mol. The Labute approximate surface area is 245 Å². The molecule has 0 fully saturated rings. The molecule has 6 nitrogen and oxygen atoms in total. The minimum absolute atomic E-state index is 0.342. The van der Waals surface area contributed by atoms with Crippen molar-refractivity contribution in [2.45, 2.75) is 56.4 Å². The molecule has 0 aliphatic carbocycles. The monoisotopic (exact) mass is 575 g/mol. The van der Waals surface area contributed by atoms with Crippen molar-refractivity contribution in [3.8, 4) is 28.3 Å². The van der Waals surface area contributed by atoms with E-state index in [0.717, 1.165) is 45.9 Å². The molecule has 1 heterocycles. The molecule has 0 saturated carbocycles. The normalized spacial score (nSPS) is 11.8. The van der Waals surface area contributed by atoms with Gasteiger partial charge in [-0.15, -0.1) is 0 Å². The maximum absolute atomic E-state index is 11.8. The predicted molar refractivity (Wildman–Crippen MR) is 163 cm³/mol. The van der Waals surface area contributed by atoms with Crippen LogP contribution in [0.25, 0.3) is 22.5 Å². The number of hydrogen-bond acceptors (Lipinski definition) is 6. The van der Waals surface area contributed by atoms with Crippen LogP contribution in [-0.4, -0.2) is 33.7 Å². The van der Waals surface area contributed by atoms with Gasteiger partial charge in [0.25, 0.3) is 0 Å². The Kier molecular flexibility index (Phi) is 11.4. The maximum Gasteiger partial charge on any atom is 0.321 e. The first kappa shape index (κ1) is 29.6. The van der Waals surface area contributed by atoms with E-state index in [2.05, 4.69) is 21.6 Å². The topological polar surface area (TPSA) is 84.3 Å². The molecule has 4 rings (SSSR count). The van der Waals surface area contributed by atoms with Gasteiger partial charge >= 0.3 is 5.97 Å². The number of unbranched alkanes of at least 4 members (excludes halogenated alkanes) is 4. The average molecular weight is 576 g/mol. The lowest BCUT2D eigenvalue weighted by atomic mass is 10.0. The highest BCUT2D eigenvalue weighted by atomic mass is 35.5. The van der Waals surface area contributed by atoms with E-state index < -0.39 is 12.0 Å². The van der Waals surface area contributed by atoms with Crippen LogP contribution in [0.2, 0.25) is 5.02 Å². The Morgan fingerprint density at radius 1 is 0.875 bits per heavy atom. The first-order valence-electron chi connectivity index (χ1n) is 13.6. The van der Waals surface area contributed by atoms with Crippen molar-refractivity contribution in [1.82, 2.24) is 14.7 Å². The Hall–Kier alpha value is -3.39. The SMILES string of the molecule is CCCCCCCOc1ccc(-c2cnc(-c3ccc(CC(NSc4ccc(Cl)cc4)C(=O)O)cc3)nc2)cc1. The number of rotatable bonds is 15. The minimum atomic E-state index is -0.911. The summed E-state index contributed by atoms with van der Waals surface area (Å²) in [6, 6.07) is 22.2. The van der Waals surface area contributed by atoms with Crippen LogP contribution in [0.5, 0.6) is 5.75 Å². The number of aliphatic carboxylic acids is 1. The van der Waals surface area contributed by atoms with Crippen molar-refractivity contribution >= 4 is 29.5 Å². The molecule has 1 atom stereocenters. The summed E-state index contributed by atoms with van der Waals surface area (Å²) >= 11 is 7.20. The van der Waals surface area contributed by atoms with Gasteiger partial charge in [-0.25, -0.2) is 14.7 Å². The fraction of sp³-hybridized carbons (Fsp3) is 0.281. The van der Waals surface area contributed by atoms with Gasteiger partial charge in [-0.1, -0.05) is 80.6 Å². The number of benzene rings is 3. The molecule has 2 N–H and O–H groups in total. The number of nitrogens with zero attached hydrogens (tertiary/aromatic N) is 2. The van der Waals surface area contributed by atoms with Crippen molar-refractivity contribution in [1.29, 1.82) is 0 Å². The number of carboxylic acid groups (broad SMARTS) is 1. The van der Waals surface area contributed by atoms with Gasteiger partial charge in [0.1, 0.15) is 11.8 Å². The molecule has 0 aliphatic rings. The van der Waals surface area contributed by atoms with Gasteiger partial charge in [0.2, 0.25) is 0 Å². The summed E-state index contributed by atoms with van der Waals surface area (Å²) in [5, 5.41) is 10.3. The van der Waals surface area contributed by atoms with E-state index in [4.69, 9.17) is 16.3 Å². The predicted octanol–water partition coefficient (Wildman–Crippen LogP) is 8.11. The Morgan fingerprint density at radius 2 is 1.52 bits per heavy atom. The van der Waals surface area contributed by atoms with Gasteiger partial charge in [-0.05, 0) is 72.3 Å². The van der Waals surface area contributed by atoms with Gasteiger partial charge in [0.15, 0.2) is 5.82 Å². The summed E-state index contributed by atoms with van der Waals surface area (Å²) in [5.74, 6) is 0.580. The number of aromatic nitrogens is 2. The zero-order valence-corrected chi connectivity index (χ0v) is 24.1.